The summed E-state index contributed by atoms with van der Waals surface area (Å²) in [6, 6.07) is 0. The van der Waals surface area contributed by atoms with Crippen LogP contribution in [0.3, 0.4) is 0 Å². The van der Waals surface area contributed by atoms with Gasteiger partial charge in [0, 0.05) is 13.0 Å². The molecule has 4 atom stereocenters. The molecule has 0 saturated heterocycles. The summed E-state index contributed by atoms with van der Waals surface area (Å²) in [5.74, 6) is 0.0213. The topological polar surface area (TPSA) is 80.9 Å². The molecular formula is C12H26O4. The van der Waals surface area contributed by atoms with E-state index in [1.807, 2.05) is 13.8 Å². The minimum Gasteiger partial charge on any atom is -0.396 e. The van der Waals surface area contributed by atoms with E-state index in [9.17, 15) is 15.3 Å². The average molecular weight is 234 g/mol. The lowest BCUT2D eigenvalue weighted by molar-refractivity contribution is -0.0275. The van der Waals surface area contributed by atoms with Gasteiger partial charge in [0.1, 0.15) is 0 Å². The van der Waals surface area contributed by atoms with Crippen LogP contribution in [-0.4, -0.2) is 45.3 Å². The summed E-state index contributed by atoms with van der Waals surface area (Å²) in [4.78, 5) is 0. The first kappa shape index (κ1) is 15.8. The van der Waals surface area contributed by atoms with E-state index in [2.05, 4.69) is 0 Å². The van der Waals surface area contributed by atoms with Gasteiger partial charge in [-0.3, -0.25) is 0 Å². The van der Waals surface area contributed by atoms with Gasteiger partial charge in [-0.1, -0.05) is 26.7 Å². The molecule has 4 heteroatoms. The van der Waals surface area contributed by atoms with Crippen molar-refractivity contribution in [3.8, 4) is 0 Å². The second kappa shape index (κ2) is 8.93. The van der Waals surface area contributed by atoms with Crippen molar-refractivity contribution in [1.29, 1.82) is 0 Å². The predicted molar refractivity (Wildman–Crippen MR) is 63.0 cm³/mol. The van der Waals surface area contributed by atoms with Crippen LogP contribution in [0.25, 0.3) is 0 Å². The van der Waals surface area contributed by atoms with Crippen LogP contribution in [0.15, 0.2) is 0 Å². The van der Waals surface area contributed by atoms with Crippen molar-refractivity contribution < 1.29 is 20.4 Å². The van der Waals surface area contributed by atoms with Crippen molar-refractivity contribution >= 4 is 0 Å². The first-order chi connectivity index (χ1) is 7.54. The lowest BCUT2D eigenvalue weighted by Crippen LogP contribution is -2.32. The quantitative estimate of drug-likeness (QED) is 0.472. The first-order valence-corrected chi connectivity index (χ1v) is 6.20. The molecule has 4 unspecified atom stereocenters. The maximum atomic E-state index is 9.70. The number of hydrogen-bond acceptors (Lipinski definition) is 4. The van der Waals surface area contributed by atoms with Crippen molar-refractivity contribution in [3.05, 3.63) is 0 Å². The van der Waals surface area contributed by atoms with Gasteiger partial charge in [-0.25, -0.2) is 0 Å². The van der Waals surface area contributed by atoms with Crippen LogP contribution < -0.4 is 0 Å². The molecule has 0 aliphatic rings. The van der Waals surface area contributed by atoms with Crippen LogP contribution in [0.5, 0.6) is 0 Å². The fourth-order valence-electron chi connectivity index (χ4n) is 1.76. The van der Waals surface area contributed by atoms with Crippen LogP contribution in [-0.2, 0) is 0 Å². The van der Waals surface area contributed by atoms with E-state index < -0.39 is 18.3 Å². The number of rotatable bonds is 9. The summed E-state index contributed by atoms with van der Waals surface area (Å²) in [5, 5.41) is 37.8. The molecule has 98 valence electrons. The molecule has 0 heterocycles. The van der Waals surface area contributed by atoms with Gasteiger partial charge in [-0.15, -0.1) is 0 Å². The van der Waals surface area contributed by atoms with Crippen LogP contribution in [0, 0.1) is 5.92 Å². The summed E-state index contributed by atoms with van der Waals surface area (Å²) in [7, 11) is 0. The summed E-state index contributed by atoms with van der Waals surface area (Å²) in [5.41, 5.74) is 0. The zero-order valence-electron chi connectivity index (χ0n) is 10.3. The Kier molecular flexibility index (Phi) is 8.84. The maximum Gasteiger partial charge on any atom is 0.0823 e. The van der Waals surface area contributed by atoms with E-state index >= 15 is 0 Å². The largest absolute Gasteiger partial charge is 0.396 e. The van der Waals surface area contributed by atoms with Crippen LogP contribution >= 0.6 is 0 Å². The van der Waals surface area contributed by atoms with Gasteiger partial charge in [-0.05, 0) is 18.8 Å². The second-order valence-electron chi connectivity index (χ2n) is 4.51. The van der Waals surface area contributed by atoms with Gasteiger partial charge < -0.3 is 20.4 Å². The van der Waals surface area contributed by atoms with E-state index in [1.165, 1.54) is 0 Å². The van der Waals surface area contributed by atoms with Crippen LogP contribution in [0.4, 0.5) is 0 Å². The molecule has 4 nitrogen and oxygen atoms in total. The highest BCUT2D eigenvalue weighted by Gasteiger charge is 2.22. The molecule has 0 amide bonds. The first-order valence-electron chi connectivity index (χ1n) is 6.20. The molecule has 0 bridgehead atoms. The van der Waals surface area contributed by atoms with Crippen molar-refractivity contribution in [3.63, 3.8) is 0 Å². The zero-order chi connectivity index (χ0) is 12.6. The Balaban J connectivity index is 3.92. The molecular weight excluding hydrogens is 208 g/mol. The van der Waals surface area contributed by atoms with Crippen molar-refractivity contribution in [1.82, 2.24) is 0 Å². The van der Waals surface area contributed by atoms with E-state index in [4.69, 9.17) is 5.11 Å². The Morgan fingerprint density at radius 1 is 0.938 bits per heavy atom. The average Bonchev–Trinajstić information content (AvgIpc) is 2.25. The van der Waals surface area contributed by atoms with Gasteiger partial charge >= 0.3 is 0 Å². The lowest BCUT2D eigenvalue weighted by Gasteiger charge is -2.23. The summed E-state index contributed by atoms with van der Waals surface area (Å²) in [6.07, 6.45) is 0.551. The molecule has 4 N–H and O–H groups in total. The minimum absolute atomic E-state index is 0.0213. The van der Waals surface area contributed by atoms with E-state index in [1.54, 1.807) is 0 Å². The summed E-state index contributed by atoms with van der Waals surface area (Å²) >= 11 is 0. The molecule has 0 aliphatic carbocycles. The number of aliphatic hydroxyl groups is 4. The molecule has 0 aliphatic heterocycles. The smallest absolute Gasteiger partial charge is 0.0823 e. The van der Waals surface area contributed by atoms with Gasteiger partial charge in [0.15, 0.2) is 0 Å². The van der Waals surface area contributed by atoms with Crippen molar-refractivity contribution in [2.75, 3.05) is 6.61 Å². The monoisotopic (exact) mass is 234 g/mol. The highest BCUT2D eigenvalue weighted by atomic mass is 16.3. The van der Waals surface area contributed by atoms with E-state index in [0.29, 0.717) is 12.8 Å². The Bertz CT molecular complexity index is 159. The van der Waals surface area contributed by atoms with E-state index in [-0.39, 0.29) is 18.9 Å². The lowest BCUT2D eigenvalue weighted by atomic mass is 9.94. The summed E-state index contributed by atoms with van der Waals surface area (Å²) in [6.45, 7) is 3.93. The predicted octanol–water partition coefficient (Wildman–Crippen LogP) is 0.668. The van der Waals surface area contributed by atoms with Crippen LogP contribution in [0.1, 0.15) is 46.0 Å². The Morgan fingerprint density at radius 2 is 1.50 bits per heavy atom. The molecule has 0 spiro atoms. The van der Waals surface area contributed by atoms with Gasteiger partial charge in [0.25, 0.3) is 0 Å². The Labute approximate surface area is 97.9 Å². The SMILES string of the molecule is CCCC(O)CC(O)C(O)CC(CC)CO. The normalized spacial score (nSPS) is 19.1. The third-order valence-electron chi connectivity index (χ3n) is 2.99. The van der Waals surface area contributed by atoms with Crippen molar-refractivity contribution in [2.45, 2.75) is 64.3 Å². The van der Waals surface area contributed by atoms with Gasteiger partial charge in [0.2, 0.25) is 0 Å². The highest BCUT2D eigenvalue weighted by Crippen LogP contribution is 2.16. The molecule has 0 aromatic carbocycles. The number of hydrogen-bond donors (Lipinski definition) is 4. The molecule has 0 radical (unpaired) electrons. The molecule has 0 aromatic heterocycles. The molecule has 16 heavy (non-hydrogen) atoms. The second-order valence-corrected chi connectivity index (χ2v) is 4.51. The van der Waals surface area contributed by atoms with Gasteiger partial charge in [0.05, 0.1) is 18.3 Å². The standard InChI is InChI=1S/C12H26O4/c1-3-5-10(14)7-12(16)11(15)6-9(4-2)8-13/h9-16H,3-8H2,1-2H3. The highest BCUT2D eigenvalue weighted by molar-refractivity contribution is 4.74. The Hall–Kier alpha value is -0.160. The third-order valence-corrected chi connectivity index (χ3v) is 2.99. The van der Waals surface area contributed by atoms with Crippen LogP contribution in [0.2, 0.25) is 0 Å². The molecule has 0 fully saturated rings. The maximum absolute atomic E-state index is 9.70. The molecule has 0 rings (SSSR count). The third kappa shape index (κ3) is 6.43. The fourth-order valence-corrected chi connectivity index (χ4v) is 1.76. The minimum atomic E-state index is -0.901. The fraction of sp³-hybridized carbons (Fsp3) is 1.00. The molecule has 0 aromatic rings. The zero-order valence-corrected chi connectivity index (χ0v) is 10.3. The van der Waals surface area contributed by atoms with Gasteiger partial charge in [-0.2, -0.15) is 0 Å². The van der Waals surface area contributed by atoms with E-state index in [0.717, 1.165) is 12.8 Å². The molecule has 0 saturated carbocycles. The Morgan fingerprint density at radius 3 is 1.94 bits per heavy atom. The summed E-state index contributed by atoms with van der Waals surface area (Å²) < 4.78 is 0. The number of aliphatic hydroxyl groups excluding tert-OH is 4. The van der Waals surface area contributed by atoms with Crippen molar-refractivity contribution in [2.24, 2.45) is 5.92 Å².